The van der Waals surface area contributed by atoms with E-state index in [-0.39, 0.29) is 23.9 Å². The lowest BCUT2D eigenvalue weighted by Gasteiger charge is -2.22. The fraction of sp³-hybridized carbons (Fsp3) is 0.333. The minimum Gasteiger partial charge on any atom is -0.340 e. The molecule has 1 heterocycles. The van der Waals surface area contributed by atoms with Crippen molar-refractivity contribution < 1.29 is 4.79 Å². The molecule has 0 bridgehead atoms. The maximum atomic E-state index is 12.4. The van der Waals surface area contributed by atoms with Crippen molar-refractivity contribution in [2.75, 3.05) is 13.1 Å². The second kappa shape index (κ2) is 8.06. The van der Waals surface area contributed by atoms with Gasteiger partial charge in [-0.15, -0.1) is 0 Å². The summed E-state index contributed by atoms with van der Waals surface area (Å²) in [5, 5.41) is 13.2. The highest BCUT2D eigenvalue weighted by molar-refractivity contribution is 5.76. The first-order valence-corrected chi connectivity index (χ1v) is 7.86. The van der Waals surface area contributed by atoms with Gasteiger partial charge in [-0.3, -0.25) is 9.59 Å². The fourth-order valence-corrected chi connectivity index (χ4v) is 2.33. The number of rotatable bonds is 6. The number of benzene rings is 1. The second-order valence-electron chi connectivity index (χ2n) is 5.54. The molecule has 24 heavy (non-hydrogen) atoms. The van der Waals surface area contributed by atoms with Crippen LogP contribution in [0.25, 0.3) is 11.3 Å². The van der Waals surface area contributed by atoms with Gasteiger partial charge in [0.05, 0.1) is 17.7 Å². The lowest BCUT2D eigenvalue weighted by molar-refractivity contribution is -0.132. The van der Waals surface area contributed by atoms with Crippen molar-refractivity contribution in [1.29, 1.82) is 5.26 Å². The molecule has 0 spiro atoms. The highest BCUT2D eigenvalue weighted by Gasteiger charge is 2.16. The average Bonchev–Trinajstić information content (AvgIpc) is 2.61. The number of carbonyl (C=O) groups is 1. The molecule has 0 aliphatic rings. The zero-order valence-electron chi connectivity index (χ0n) is 13.8. The molecule has 6 heteroatoms. The fourth-order valence-electron chi connectivity index (χ4n) is 2.33. The summed E-state index contributed by atoms with van der Waals surface area (Å²) in [7, 11) is 0. The molecule has 0 aliphatic carbocycles. The molecule has 2 aromatic rings. The van der Waals surface area contributed by atoms with E-state index in [1.165, 1.54) is 10.7 Å². The number of nitrogens with zero attached hydrogens (tertiary/aromatic N) is 4. The molecular formula is C18H20N4O2. The maximum Gasteiger partial charge on any atom is 0.267 e. The van der Waals surface area contributed by atoms with E-state index in [2.05, 4.69) is 11.2 Å². The zero-order chi connectivity index (χ0) is 17.5. The predicted molar refractivity (Wildman–Crippen MR) is 91.0 cm³/mol. The summed E-state index contributed by atoms with van der Waals surface area (Å²) in [6.45, 7) is 4.30. The number of carbonyl (C=O) groups excluding carboxylic acids is 1. The van der Waals surface area contributed by atoms with Crippen molar-refractivity contribution in [2.45, 2.75) is 20.4 Å². The molecule has 1 unspecified atom stereocenters. The maximum absolute atomic E-state index is 12.4. The first kappa shape index (κ1) is 17.4. The van der Waals surface area contributed by atoms with Gasteiger partial charge in [0.15, 0.2) is 0 Å². The largest absolute Gasteiger partial charge is 0.340 e. The Labute approximate surface area is 141 Å². The van der Waals surface area contributed by atoms with Crippen LogP contribution in [0.2, 0.25) is 0 Å². The van der Waals surface area contributed by atoms with E-state index in [1.807, 2.05) is 37.3 Å². The Morgan fingerprint density at radius 2 is 2.00 bits per heavy atom. The summed E-state index contributed by atoms with van der Waals surface area (Å²) in [5.74, 6) is -0.478. The van der Waals surface area contributed by atoms with E-state index in [0.29, 0.717) is 18.8 Å². The van der Waals surface area contributed by atoms with Gasteiger partial charge in [-0.25, -0.2) is 4.68 Å². The van der Waals surface area contributed by atoms with Gasteiger partial charge in [-0.05, 0) is 19.9 Å². The molecule has 0 aliphatic heterocycles. The Morgan fingerprint density at radius 3 is 2.62 bits per heavy atom. The topological polar surface area (TPSA) is 79.0 Å². The third-order valence-electron chi connectivity index (χ3n) is 3.67. The van der Waals surface area contributed by atoms with Crippen molar-refractivity contribution in [2.24, 2.45) is 5.92 Å². The van der Waals surface area contributed by atoms with Crippen LogP contribution in [0.5, 0.6) is 0 Å². The minimum absolute atomic E-state index is 0.133. The molecule has 1 aromatic carbocycles. The Balaban J connectivity index is 2.21. The van der Waals surface area contributed by atoms with Gasteiger partial charge in [0, 0.05) is 24.7 Å². The van der Waals surface area contributed by atoms with Crippen molar-refractivity contribution in [1.82, 2.24) is 14.7 Å². The number of hydrogen-bond acceptors (Lipinski definition) is 4. The van der Waals surface area contributed by atoms with Crippen molar-refractivity contribution >= 4 is 5.91 Å². The van der Waals surface area contributed by atoms with Gasteiger partial charge >= 0.3 is 0 Å². The standard InChI is InChI=1S/C18H20N4O2/c1-3-21(12-14(2)11-19)18(24)13-22-17(23)10-9-16(20-22)15-7-5-4-6-8-15/h4-10,14H,3,12-13H2,1-2H3. The Kier molecular flexibility index (Phi) is 5.85. The monoisotopic (exact) mass is 324 g/mol. The molecule has 0 saturated heterocycles. The van der Waals surface area contributed by atoms with Gasteiger partial charge in [0.1, 0.15) is 6.54 Å². The van der Waals surface area contributed by atoms with Crippen molar-refractivity contribution in [3.8, 4) is 17.3 Å². The first-order chi connectivity index (χ1) is 11.5. The molecule has 1 atom stereocenters. The predicted octanol–water partition coefficient (Wildman–Crippen LogP) is 1.92. The molecular weight excluding hydrogens is 304 g/mol. The van der Waals surface area contributed by atoms with Crippen LogP contribution >= 0.6 is 0 Å². The van der Waals surface area contributed by atoms with Gasteiger partial charge in [0.2, 0.25) is 5.91 Å². The van der Waals surface area contributed by atoms with Gasteiger partial charge < -0.3 is 4.90 Å². The SMILES string of the molecule is CCN(CC(C)C#N)C(=O)Cn1nc(-c2ccccc2)ccc1=O. The molecule has 0 radical (unpaired) electrons. The van der Waals surface area contributed by atoms with Crippen LogP contribution < -0.4 is 5.56 Å². The summed E-state index contributed by atoms with van der Waals surface area (Å²) < 4.78 is 1.17. The number of aromatic nitrogens is 2. The number of amides is 1. The van der Waals surface area contributed by atoms with E-state index in [4.69, 9.17) is 5.26 Å². The summed E-state index contributed by atoms with van der Waals surface area (Å²) in [6.07, 6.45) is 0. The van der Waals surface area contributed by atoms with E-state index in [0.717, 1.165) is 5.56 Å². The van der Waals surface area contributed by atoms with Crippen LogP contribution in [0.15, 0.2) is 47.3 Å². The lowest BCUT2D eigenvalue weighted by Crippen LogP contribution is -2.39. The molecule has 1 aromatic heterocycles. The molecule has 2 rings (SSSR count). The van der Waals surface area contributed by atoms with Gasteiger partial charge in [0.25, 0.3) is 5.56 Å². The Morgan fingerprint density at radius 1 is 1.29 bits per heavy atom. The van der Waals surface area contributed by atoms with Crippen LogP contribution in [-0.2, 0) is 11.3 Å². The van der Waals surface area contributed by atoms with Crippen LogP contribution in [0, 0.1) is 17.2 Å². The summed E-state index contributed by atoms with van der Waals surface area (Å²) in [6, 6.07) is 14.6. The molecule has 1 amide bonds. The third kappa shape index (κ3) is 4.29. The highest BCUT2D eigenvalue weighted by Crippen LogP contribution is 2.14. The molecule has 124 valence electrons. The van der Waals surface area contributed by atoms with Crippen LogP contribution in [0.4, 0.5) is 0 Å². The second-order valence-corrected chi connectivity index (χ2v) is 5.54. The van der Waals surface area contributed by atoms with Crippen LogP contribution in [0.1, 0.15) is 13.8 Å². The first-order valence-electron chi connectivity index (χ1n) is 7.86. The lowest BCUT2D eigenvalue weighted by atomic mass is 10.1. The average molecular weight is 324 g/mol. The summed E-state index contributed by atoms with van der Waals surface area (Å²) >= 11 is 0. The summed E-state index contributed by atoms with van der Waals surface area (Å²) in [4.78, 5) is 26.0. The van der Waals surface area contributed by atoms with E-state index < -0.39 is 0 Å². The third-order valence-corrected chi connectivity index (χ3v) is 3.67. The molecule has 0 fully saturated rings. The van der Waals surface area contributed by atoms with Gasteiger partial charge in [-0.2, -0.15) is 10.4 Å². The normalized spacial score (nSPS) is 11.5. The molecule has 6 nitrogen and oxygen atoms in total. The van der Waals surface area contributed by atoms with Crippen molar-refractivity contribution in [3.63, 3.8) is 0 Å². The van der Waals surface area contributed by atoms with Crippen molar-refractivity contribution in [3.05, 3.63) is 52.8 Å². The zero-order valence-corrected chi connectivity index (χ0v) is 13.8. The smallest absolute Gasteiger partial charge is 0.267 e. The van der Waals surface area contributed by atoms with Crippen LogP contribution in [0.3, 0.4) is 0 Å². The Hall–Kier alpha value is -2.94. The Bertz CT molecular complexity index is 793. The van der Waals surface area contributed by atoms with E-state index in [1.54, 1.807) is 17.9 Å². The minimum atomic E-state index is -0.326. The van der Waals surface area contributed by atoms with E-state index in [9.17, 15) is 9.59 Å². The van der Waals surface area contributed by atoms with Gasteiger partial charge in [-0.1, -0.05) is 30.3 Å². The highest BCUT2D eigenvalue weighted by atomic mass is 16.2. The number of likely N-dealkylation sites (N-methyl/N-ethyl adjacent to an activating group) is 1. The number of hydrogen-bond donors (Lipinski definition) is 0. The molecule has 0 saturated carbocycles. The van der Waals surface area contributed by atoms with Crippen LogP contribution in [-0.4, -0.2) is 33.7 Å². The quantitative estimate of drug-likeness (QED) is 0.813. The number of nitriles is 1. The molecule has 0 N–H and O–H groups in total. The summed E-state index contributed by atoms with van der Waals surface area (Å²) in [5.41, 5.74) is 1.19. The van der Waals surface area contributed by atoms with E-state index >= 15 is 0 Å².